The fraction of sp³-hybridized carbons (Fsp3) is 0.400. The van der Waals surface area contributed by atoms with Crippen LogP contribution in [0.4, 0.5) is 5.13 Å². The lowest BCUT2D eigenvalue weighted by molar-refractivity contribution is -0.119. The predicted octanol–water partition coefficient (Wildman–Crippen LogP) is 2.13. The summed E-state index contributed by atoms with van der Waals surface area (Å²) in [6.07, 6.45) is 0. The van der Waals surface area contributed by atoms with E-state index in [-0.39, 0.29) is 17.7 Å². The number of carbonyl (C=O) groups is 1. The first-order valence-electron chi connectivity index (χ1n) is 6.98. The molecule has 1 amide bonds. The third kappa shape index (κ3) is 3.11. The molecule has 2 aromatic rings. The second-order valence-electron chi connectivity index (χ2n) is 5.46. The number of aromatic nitrogens is 2. The first-order valence-corrected chi connectivity index (χ1v) is 7.79. The van der Waals surface area contributed by atoms with Crippen molar-refractivity contribution in [1.82, 2.24) is 15.1 Å². The van der Waals surface area contributed by atoms with Gasteiger partial charge in [-0.05, 0) is 19.5 Å². The van der Waals surface area contributed by atoms with Crippen molar-refractivity contribution in [2.45, 2.75) is 12.8 Å². The van der Waals surface area contributed by atoms with Gasteiger partial charge >= 0.3 is 0 Å². The van der Waals surface area contributed by atoms with Crippen molar-refractivity contribution < 1.29 is 4.79 Å². The Morgan fingerprint density at radius 3 is 2.71 bits per heavy atom. The Labute approximate surface area is 128 Å². The average Bonchev–Trinajstić information content (AvgIpc) is 3.06. The minimum absolute atomic E-state index is 0.0318. The summed E-state index contributed by atoms with van der Waals surface area (Å²) in [6, 6.07) is 10.2. The highest BCUT2D eigenvalue weighted by atomic mass is 32.1. The Morgan fingerprint density at radius 2 is 2.05 bits per heavy atom. The Hall–Kier alpha value is -1.79. The molecule has 0 radical (unpaired) electrons. The topological polar surface area (TPSA) is 58.1 Å². The molecule has 1 aliphatic rings. The van der Waals surface area contributed by atoms with Crippen LogP contribution in [0.5, 0.6) is 0 Å². The van der Waals surface area contributed by atoms with Gasteiger partial charge in [0.05, 0.1) is 5.92 Å². The van der Waals surface area contributed by atoms with Crippen molar-refractivity contribution in [3.05, 3.63) is 40.9 Å². The molecule has 0 unspecified atom stereocenters. The summed E-state index contributed by atoms with van der Waals surface area (Å²) in [5.41, 5.74) is 1.22. The lowest BCUT2D eigenvalue weighted by atomic mass is 9.88. The summed E-state index contributed by atoms with van der Waals surface area (Å²) in [5.74, 6) is 0.205. The summed E-state index contributed by atoms with van der Waals surface area (Å²) >= 11 is 1.40. The Kier molecular flexibility index (Phi) is 3.98. The van der Waals surface area contributed by atoms with E-state index < -0.39 is 0 Å². The standard InChI is InChI=1S/C15H18N4OS/c1-10-17-18-15(21-10)16-14(20)13-9-19(2)8-12(13)11-6-4-3-5-7-11/h3-7,12-13H,8-9H2,1-2H3,(H,16,18,20)/t12-,13-/m1/s1. The number of benzene rings is 1. The molecule has 6 heteroatoms. The number of nitrogens with zero attached hydrogens (tertiary/aromatic N) is 3. The molecule has 1 saturated heterocycles. The SMILES string of the molecule is Cc1nnc(NC(=O)[C@@H]2CN(C)C[C@@H]2c2ccccc2)s1. The number of carbonyl (C=O) groups excluding carboxylic acids is 1. The Morgan fingerprint density at radius 1 is 1.29 bits per heavy atom. The van der Waals surface area contributed by atoms with E-state index in [1.54, 1.807) is 0 Å². The first kappa shape index (κ1) is 14.2. The monoisotopic (exact) mass is 302 g/mol. The van der Waals surface area contributed by atoms with Crippen LogP contribution in [-0.2, 0) is 4.79 Å². The van der Waals surface area contributed by atoms with E-state index in [1.165, 1.54) is 16.9 Å². The number of likely N-dealkylation sites (tertiary alicyclic amines) is 1. The van der Waals surface area contributed by atoms with E-state index in [0.717, 1.165) is 18.1 Å². The molecule has 5 nitrogen and oxygen atoms in total. The number of hydrogen-bond donors (Lipinski definition) is 1. The number of hydrogen-bond acceptors (Lipinski definition) is 5. The summed E-state index contributed by atoms with van der Waals surface area (Å²) in [4.78, 5) is 14.8. The molecule has 1 aromatic carbocycles. The van der Waals surface area contributed by atoms with Crippen LogP contribution in [0.15, 0.2) is 30.3 Å². The number of amides is 1. The fourth-order valence-corrected chi connectivity index (χ4v) is 3.44. The molecule has 0 bridgehead atoms. The third-order valence-corrected chi connectivity index (χ3v) is 4.58. The second-order valence-corrected chi connectivity index (χ2v) is 6.64. The lowest BCUT2D eigenvalue weighted by Gasteiger charge is -2.17. The molecule has 2 heterocycles. The van der Waals surface area contributed by atoms with Gasteiger partial charge in [-0.3, -0.25) is 4.79 Å². The summed E-state index contributed by atoms with van der Waals surface area (Å²) in [6.45, 7) is 3.55. The van der Waals surface area contributed by atoms with E-state index >= 15 is 0 Å². The molecule has 1 aliphatic heterocycles. The van der Waals surface area contributed by atoms with Crippen molar-refractivity contribution >= 4 is 22.4 Å². The number of aryl methyl sites for hydroxylation is 1. The van der Waals surface area contributed by atoms with Crippen molar-refractivity contribution in [2.24, 2.45) is 5.92 Å². The number of nitrogens with one attached hydrogen (secondary N) is 1. The normalized spacial score (nSPS) is 22.4. The molecule has 0 spiro atoms. The van der Waals surface area contributed by atoms with Gasteiger partial charge in [0.2, 0.25) is 11.0 Å². The zero-order valence-electron chi connectivity index (χ0n) is 12.1. The molecule has 0 aliphatic carbocycles. The van der Waals surface area contributed by atoms with Gasteiger partial charge in [0.1, 0.15) is 5.01 Å². The number of anilines is 1. The van der Waals surface area contributed by atoms with Crippen LogP contribution in [0, 0.1) is 12.8 Å². The third-order valence-electron chi connectivity index (χ3n) is 3.82. The van der Waals surface area contributed by atoms with Gasteiger partial charge < -0.3 is 10.2 Å². The zero-order chi connectivity index (χ0) is 14.8. The molecule has 21 heavy (non-hydrogen) atoms. The Bertz CT molecular complexity index is 628. The minimum Gasteiger partial charge on any atom is -0.305 e. The summed E-state index contributed by atoms with van der Waals surface area (Å²) < 4.78 is 0. The van der Waals surface area contributed by atoms with Crippen LogP contribution in [0.2, 0.25) is 0 Å². The quantitative estimate of drug-likeness (QED) is 0.943. The van der Waals surface area contributed by atoms with Crippen molar-refractivity contribution in [1.29, 1.82) is 0 Å². The van der Waals surface area contributed by atoms with Crippen LogP contribution in [0.25, 0.3) is 0 Å². The van der Waals surface area contributed by atoms with E-state index in [4.69, 9.17) is 0 Å². The van der Waals surface area contributed by atoms with Gasteiger partial charge in [-0.25, -0.2) is 0 Å². The molecule has 110 valence electrons. The maximum Gasteiger partial charge on any atom is 0.231 e. The van der Waals surface area contributed by atoms with Crippen LogP contribution in [0.3, 0.4) is 0 Å². The summed E-state index contributed by atoms with van der Waals surface area (Å²) in [5, 5.41) is 12.2. The largest absolute Gasteiger partial charge is 0.305 e. The molecule has 1 N–H and O–H groups in total. The molecule has 1 fully saturated rings. The van der Waals surface area contributed by atoms with E-state index in [0.29, 0.717) is 5.13 Å². The Balaban J connectivity index is 1.77. The van der Waals surface area contributed by atoms with Gasteiger partial charge in [0.15, 0.2) is 0 Å². The van der Waals surface area contributed by atoms with Crippen molar-refractivity contribution in [2.75, 3.05) is 25.5 Å². The molecular formula is C15H18N4OS. The van der Waals surface area contributed by atoms with Crippen LogP contribution < -0.4 is 5.32 Å². The molecule has 1 aromatic heterocycles. The van der Waals surface area contributed by atoms with Crippen LogP contribution in [0.1, 0.15) is 16.5 Å². The minimum atomic E-state index is -0.0541. The van der Waals surface area contributed by atoms with Gasteiger partial charge in [-0.2, -0.15) is 0 Å². The first-order chi connectivity index (χ1) is 10.1. The van der Waals surface area contributed by atoms with E-state index in [1.807, 2.05) is 25.1 Å². The highest BCUT2D eigenvalue weighted by Crippen LogP contribution is 2.32. The summed E-state index contributed by atoms with van der Waals surface area (Å²) in [7, 11) is 2.05. The van der Waals surface area contributed by atoms with Crippen molar-refractivity contribution in [3.8, 4) is 0 Å². The van der Waals surface area contributed by atoms with Crippen LogP contribution >= 0.6 is 11.3 Å². The highest BCUT2D eigenvalue weighted by molar-refractivity contribution is 7.15. The van der Waals surface area contributed by atoms with Gasteiger partial charge in [0, 0.05) is 19.0 Å². The van der Waals surface area contributed by atoms with Crippen molar-refractivity contribution in [3.63, 3.8) is 0 Å². The number of rotatable bonds is 3. The highest BCUT2D eigenvalue weighted by Gasteiger charge is 2.37. The lowest BCUT2D eigenvalue weighted by Crippen LogP contribution is -2.28. The maximum atomic E-state index is 12.6. The molecular weight excluding hydrogens is 284 g/mol. The van der Waals surface area contributed by atoms with Gasteiger partial charge in [0.25, 0.3) is 0 Å². The van der Waals surface area contributed by atoms with Gasteiger partial charge in [-0.1, -0.05) is 41.7 Å². The fourth-order valence-electron chi connectivity index (χ4n) is 2.85. The number of likely N-dealkylation sites (N-methyl/N-ethyl adjacent to an activating group) is 1. The average molecular weight is 302 g/mol. The van der Waals surface area contributed by atoms with Gasteiger partial charge in [-0.15, -0.1) is 10.2 Å². The molecule has 0 saturated carbocycles. The maximum absolute atomic E-state index is 12.6. The van der Waals surface area contributed by atoms with E-state index in [9.17, 15) is 4.79 Å². The molecule has 2 atom stereocenters. The predicted molar refractivity (Wildman–Crippen MR) is 83.4 cm³/mol. The van der Waals surface area contributed by atoms with Crippen LogP contribution in [-0.4, -0.2) is 41.1 Å². The zero-order valence-corrected chi connectivity index (χ0v) is 12.9. The smallest absolute Gasteiger partial charge is 0.231 e. The second kappa shape index (κ2) is 5.91. The van der Waals surface area contributed by atoms with E-state index in [2.05, 4.69) is 39.6 Å². The molecule has 3 rings (SSSR count).